The fourth-order valence-electron chi connectivity index (χ4n) is 2.53. The maximum atomic E-state index is 12.3. The van der Waals surface area contributed by atoms with Gasteiger partial charge in [0.05, 0.1) is 22.8 Å². The summed E-state index contributed by atoms with van der Waals surface area (Å²) >= 11 is 1.51. The Hall–Kier alpha value is -1.89. The van der Waals surface area contributed by atoms with Crippen LogP contribution < -0.4 is 5.32 Å². The van der Waals surface area contributed by atoms with Crippen molar-refractivity contribution in [3.63, 3.8) is 0 Å². The molecule has 1 N–H and O–H groups in total. The van der Waals surface area contributed by atoms with E-state index in [1.165, 1.54) is 16.7 Å². The fourth-order valence-corrected chi connectivity index (χ4v) is 2.93. The van der Waals surface area contributed by atoms with Gasteiger partial charge in [-0.2, -0.15) is 0 Å². The van der Waals surface area contributed by atoms with Crippen molar-refractivity contribution < 1.29 is 14.4 Å². The lowest BCUT2D eigenvalue weighted by Gasteiger charge is -2.29. The number of carbonyl (C=O) groups is 3. The van der Waals surface area contributed by atoms with E-state index in [-0.39, 0.29) is 18.2 Å². The number of imide groups is 1. The average molecular weight is 291 g/mol. The van der Waals surface area contributed by atoms with Gasteiger partial charge in [-0.15, -0.1) is 11.8 Å². The number of hydrogen-bond acceptors (Lipinski definition) is 5. The first-order valence-electron chi connectivity index (χ1n) is 6.28. The second kappa shape index (κ2) is 4.90. The monoisotopic (exact) mass is 291 g/mol. The number of piperidine rings is 1. The molecule has 1 unspecified atom stereocenters. The summed E-state index contributed by atoms with van der Waals surface area (Å²) in [5, 5.41) is 3.13. The van der Waals surface area contributed by atoms with E-state index in [1.807, 2.05) is 6.26 Å². The smallest absolute Gasteiger partial charge is 0.256 e. The summed E-state index contributed by atoms with van der Waals surface area (Å²) in [6.07, 6.45) is 2.56. The Morgan fingerprint density at radius 3 is 2.85 bits per heavy atom. The van der Waals surface area contributed by atoms with E-state index in [4.69, 9.17) is 0 Å². The van der Waals surface area contributed by atoms with Crippen LogP contribution in [0, 0.1) is 0 Å². The first-order chi connectivity index (χ1) is 9.60. The zero-order chi connectivity index (χ0) is 14.3. The standard InChI is InChI=1S/C13H13N3O3S/c1-20-11-5-2-7-8(14-11)6-16(13(7)19)9-3-4-10(17)15-12(9)18/h2,5,9H,3-4,6H2,1H3,(H,15,17,18). The van der Waals surface area contributed by atoms with Gasteiger partial charge < -0.3 is 4.90 Å². The molecule has 1 aromatic heterocycles. The maximum absolute atomic E-state index is 12.3. The normalized spacial score (nSPS) is 21.9. The number of hydrogen-bond donors (Lipinski definition) is 1. The number of aromatic nitrogens is 1. The van der Waals surface area contributed by atoms with Crippen LogP contribution in [0.3, 0.4) is 0 Å². The predicted molar refractivity (Wildman–Crippen MR) is 72.1 cm³/mol. The van der Waals surface area contributed by atoms with Crippen LogP contribution >= 0.6 is 11.8 Å². The molecule has 0 bridgehead atoms. The molecule has 3 heterocycles. The lowest BCUT2D eigenvalue weighted by atomic mass is 10.0. The topological polar surface area (TPSA) is 79.4 Å². The molecule has 0 aromatic carbocycles. The summed E-state index contributed by atoms with van der Waals surface area (Å²) in [5.74, 6) is -0.861. The Kier molecular flexibility index (Phi) is 3.21. The minimum atomic E-state index is -0.577. The molecule has 6 nitrogen and oxygen atoms in total. The van der Waals surface area contributed by atoms with Crippen LogP contribution in [-0.4, -0.2) is 39.9 Å². The number of pyridine rings is 1. The molecule has 0 aliphatic carbocycles. The van der Waals surface area contributed by atoms with Crippen molar-refractivity contribution in [1.82, 2.24) is 15.2 Å². The van der Waals surface area contributed by atoms with Crippen LogP contribution in [0.25, 0.3) is 0 Å². The lowest BCUT2D eigenvalue weighted by molar-refractivity contribution is -0.136. The van der Waals surface area contributed by atoms with E-state index in [0.29, 0.717) is 24.2 Å². The minimum Gasteiger partial charge on any atom is -0.321 e. The van der Waals surface area contributed by atoms with Crippen LogP contribution in [0.1, 0.15) is 28.9 Å². The van der Waals surface area contributed by atoms with Gasteiger partial charge >= 0.3 is 0 Å². The SMILES string of the molecule is CSc1ccc2c(n1)CN(C1CCC(=O)NC1=O)C2=O. The number of thioether (sulfide) groups is 1. The molecular weight excluding hydrogens is 278 g/mol. The first kappa shape index (κ1) is 13.1. The Labute approximate surface area is 119 Å². The van der Waals surface area contributed by atoms with Gasteiger partial charge in [-0.25, -0.2) is 4.98 Å². The van der Waals surface area contributed by atoms with Gasteiger partial charge in [0.25, 0.3) is 5.91 Å². The van der Waals surface area contributed by atoms with E-state index in [1.54, 1.807) is 12.1 Å². The summed E-state index contributed by atoms with van der Waals surface area (Å²) < 4.78 is 0. The van der Waals surface area contributed by atoms with Gasteiger partial charge in [0.15, 0.2) is 0 Å². The van der Waals surface area contributed by atoms with Crippen LogP contribution in [0.4, 0.5) is 0 Å². The molecule has 7 heteroatoms. The highest BCUT2D eigenvalue weighted by Gasteiger charge is 2.39. The van der Waals surface area contributed by atoms with Gasteiger partial charge in [0.1, 0.15) is 6.04 Å². The lowest BCUT2D eigenvalue weighted by Crippen LogP contribution is -2.52. The zero-order valence-electron chi connectivity index (χ0n) is 10.9. The Bertz CT molecular complexity index is 617. The highest BCUT2D eigenvalue weighted by Crippen LogP contribution is 2.27. The van der Waals surface area contributed by atoms with E-state index in [9.17, 15) is 14.4 Å². The molecule has 2 aliphatic heterocycles. The summed E-state index contributed by atoms with van der Waals surface area (Å²) in [5.41, 5.74) is 1.25. The number of rotatable bonds is 2. The van der Waals surface area contributed by atoms with E-state index in [2.05, 4.69) is 10.3 Å². The van der Waals surface area contributed by atoms with Crippen molar-refractivity contribution in [2.45, 2.75) is 30.5 Å². The molecule has 0 spiro atoms. The molecule has 104 valence electrons. The Balaban J connectivity index is 1.86. The molecule has 2 aliphatic rings. The molecule has 1 atom stereocenters. The van der Waals surface area contributed by atoms with Crippen molar-refractivity contribution in [2.75, 3.05) is 6.26 Å². The molecule has 1 fully saturated rings. The summed E-state index contributed by atoms with van der Waals surface area (Å²) in [7, 11) is 0. The predicted octanol–water partition coefficient (Wildman–Crippen LogP) is 0.564. The van der Waals surface area contributed by atoms with Crippen LogP contribution in [0.15, 0.2) is 17.2 Å². The number of nitrogens with one attached hydrogen (secondary N) is 1. The molecule has 0 radical (unpaired) electrons. The van der Waals surface area contributed by atoms with Crippen molar-refractivity contribution >= 4 is 29.5 Å². The molecule has 0 saturated carbocycles. The highest BCUT2D eigenvalue weighted by atomic mass is 32.2. The second-order valence-corrected chi connectivity index (χ2v) is 5.57. The van der Waals surface area contributed by atoms with E-state index >= 15 is 0 Å². The van der Waals surface area contributed by atoms with Crippen molar-refractivity contribution in [3.05, 3.63) is 23.4 Å². The van der Waals surface area contributed by atoms with Crippen LogP contribution in [-0.2, 0) is 16.1 Å². The molecule has 20 heavy (non-hydrogen) atoms. The van der Waals surface area contributed by atoms with Gasteiger partial charge in [0.2, 0.25) is 11.8 Å². The fraction of sp³-hybridized carbons (Fsp3) is 0.385. The largest absolute Gasteiger partial charge is 0.321 e. The second-order valence-electron chi connectivity index (χ2n) is 4.75. The van der Waals surface area contributed by atoms with Crippen LogP contribution in [0.2, 0.25) is 0 Å². The van der Waals surface area contributed by atoms with Gasteiger partial charge in [-0.1, -0.05) is 0 Å². The molecule has 3 rings (SSSR count). The molecule has 1 aromatic rings. The van der Waals surface area contributed by atoms with Crippen LogP contribution in [0.5, 0.6) is 0 Å². The Morgan fingerprint density at radius 1 is 1.35 bits per heavy atom. The Morgan fingerprint density at radius 2 is 2.15 bits per heavy atom. The number of nitrogens with zero attached hydrogens (tertiary/aromatic N) is 2. The van der Waals surface area contributed by atoms with Crippen molar-refractivity contribution in [1.29, 1.82) is 0 Å². The number of carbonyl (C=O) groups excluding carboxylic acids is 3. The third-order valence-electron chi connectivity index (χ3n) is 3.56. The van der Waals surface area contributed by atoms with Gasteiger partial charge in [0, 0.05) is 6.42 Å². The maximum Gasteiger partial charge on any atom is 0.256 e. The van der Waals surface area contributed by atoms with Crippen molar-refractivity contribution in [2.24, 2.45) is 0 Å². The summed E-state index contributed by atoms with van der Waals surface area (Å²) in [4.78, 5) is 41.3. The minimum absolute atomic E-state index is 0.186. The van der Waals surface area contributed by atoms with E-state index in [0.717, 1.165) is 5.03 Å². The van der Waals surface area contributed by atoms with Gasteiger partial charge in [-0.05, 0) is 24.8 Å². The third-order valence-corrected chi connectivity index (χ3v) is 4.20. The summed E-state index contributed by atoms with van der Waals surface area (Å²) in [6, 6.07) is 2.98. The molecule has 3 amide bonds. The number of fused-ring (bicyclic) bond motifs is 1. The highest BCUT2D eigenvalue weighted by molar-refractivity contribution is 7.98. The average Bonchev–Trinajstić information content (AvgIpc) is 2.75. The first-order valence-corrected chi connectivity index (χ1v) is 7.51. The molecule has 1 saturated heterocycles. The van der Waals surface area contributed by atoms with E-state index < -0.39 is 11.9 Å². The zero-order valence-corrected chi connectivity index (χ0v) is 11.7. The quantitative estimate of drug-likeness (QED) is 0.636. The van der Waals surface area contributed by atoms with Gasteiger partial charge in [-0.3, -0.25) is 19.7 Å². The van der Waals surface area contributed by atoms with Crippen molar-refractivity contribution in [3.8, 4) is 0 Å². The summed E-state index contributed by atoms with van der Waals surface area (Å²) in [6.45, 7) is 0.328. The number of amides is 3. The molecular formula is C13H13N3O3S. The third kappa shape index (κ3) is 2.07.